The third-order valence-electron chi connectivity index (χ3n) is 3.85. The first-order chi connectivity index (χ1) is 9.11. The zero-order valence-electron chi connectivity index (χ0n) is 12.6. The van der Waals surface area contributed by atoms with E-state index in [-0.39, 0.29) is 42.7 Å². The molecule has 8 heteroatoms. The second kappa shape index (κ2) is 9.46. The van der Waals surface area contributed by atoms with Crippen LogP contribution in [-0.2, 0) is 9.59 Å². The van der Waals surface area contributed by atoms with E-state index >= 15 is 0 Å². The van der Waals surface area contributed by atoms with Crippen LogP contribution in [-0.4, -0.2) is 73.5 Å². The van der Waals surface area contributed by atoms with Gasteiger partial charge >= 0.3 is 0 Å². The zero-order valence-corrected chi connectivity index (χ0v) is 14.3. The minimum absolute atomic E-state index is 0. The molecule has 2 rings (SSSR count). The predicted octanol–water partition coefficient (Wildman–Crippen LogP) is -0.139. The van der Waals surface area contributed by atoms with Gasteiger partial charge < -0.3 is 15.5 Å². The number of rotatable bonds is 5. The van der Waals surface area contributed by atoms with Gasteiger partial charge in [0.15, 0.2) is 0 Å². The normalized spacial score (nSPS) is 20.0. The highest BCUT2D eigenvalue weighted by Crippen LogP contribution is 2.19. The largest absolute Gasteiger partial charge is 0.352 e. The first kappa shape index (κ1) is 20.4. The molecule has 1 aliphatic heterocycles. The van der Waals surface area contributed by atoms with E-state index in [0.29, 0.717) is 25.7 Å². The Balaban J connectivity index is 0.00000200. The number of nitrogens with zero attached hydrogens (tertiary/aromatic N) is 2. The smallest absolute Gasteiger partial charge is 0.237 e. The van der Waals surface area contributed by atoms with Crippen LogP contribution < -0.4 is 10.6 Å². The molecule has 21 heavy (non-hydrogen) atoms. The summed E-state index contributed by atoms with van der Waals surface area (Å²) in [5.41, 5.74) is 0. The highest BCUT2D eigenvalue weighted by Gasteiger charge is 2.30. The average molecular weight is 341 g/mol. The number of likely N-dealkylation sites (N-methyl/N-ethyl adjacent to an activating group) is 1. The first-order valence-corrected chi connectivity index (χ1v) is 7.08. The Morgan fingerprint density at radius 2 is 1.71 bits per heavy atom. The van der Waals surface area contributed by atoms with Crippen LogP contribution in [0.4, 0.5) is 0 Å². The maximum Gasteiger partial charge on any atom is 0.237 e. The first-order valence-electron chi connectivity index (χ1n) is 7.08. The lowest BCUT2D eigenvalue weighted by atomic mass is 10.2. The molecule has 0 bridgehead atoms. The highest BCUT2D eigenvalue weighted by molar-refractivity contribution is 5.85. The molecule has 0 aromatic rings. The maximum atomic E-state index is 12.0. The second-order valence-electron chi connectivity index (χ2n) is 5.41. The number of carbonyl (C=O) groups is 2. The molecule has 2 amide bonds. The summed E-state index contributed by atoms with van der Waals surface area (Å²) in [6.45, 7) is 5.30. The molecule has 2 aliphatic rings. The molecular formula is C13H26Cl2N4O2. The molecule has 0 radical (unpaired) electrons. The van der Waals surface area contributed by atoms with Crippen molar-refractivity contribution in [3.63, 3.8) is 0 Å². The molecule has 1 aliphatic carbocycles. The molecule has 1 unspecified atom stereocenters. The van der Waals surface area contributed by atoms with Crippen molar-refractivity contribution in [1.29, 1.82) is 0 Å². The lowest BCUT2D eigenvalue weighted by Gasteiger charge is -2.37. The van der Waals surface area contributed by atoms with Crippen LogP contribution in [0.25, 0.3) is 0 Å². The predicted molar refractivity (Wildman–Crippen MR) is 87.2 cm³/mol. The van der Waals surface area contributed by atoms with E-state index in [1.165, 1.54) is 0 Å². The van der Waals surface area contributed by atoms with Crippen LogP contribution in [0.1, 0.15) is 19.8 Å². The number of halogens is 2. The van der Waals surface area contributed by atoms with Gasteiger partial charge in [-0.2, -0.15) is 0 Å². The van der Waals surface area contributed by atoms with E-state index < -0.39 is 0 Å². The summed E-state index contributed by atoms with van der Waals surface area (Å²) in [4.78, 5) is 27.7. The van der Waals surface area contributed by atoms with E-state index in [1.54, 1.807) is 7.05 Å². The van der Waals surface area contributed by atoms with Gasteiger partial charge in [-0.25, -0.2) is 0 Å². The number of piperazine rings is 1. The molecule has 1 saturated carbocycles. The number of hydrogen-bond acceptors (Lipinski definition) is 4. The van der Waals surface area contributed by atoms with Crippen LogP contribution in [0.15, 0.2) is 0 Å². The van der Waals surface area contributed by atoms with Crippen molar-refractivity contribution < 1.29 is 9.59 Å². The Morgan fingerprint density at radius 3 is 2.19 bits per heavy atom. The molecule has 124 valence electrons. The molecule has 6 nitrogen and oxygen atoms in total. The summed E-state index contributed by atoms with van der Waals surface area (Å²) in [5.74, 6) is 0.259. The fraction of sp³-hybridized carbons (Fsp3) is 0.846. The van der Waals surface area contributed by atoms with Gasteiger partial charge in [-0.05, 0) is 26.8 Å². The Labute approximate surface area is 138 Å². The van der Waals surface area contributed by atoms with Gasteiger partial charge in [0.05, 0.1) is 12.6 Å². The van der Waals surface area contributed by atoms with Gasteiger partial charge in [-0.15, -0.1) is 24.8 Å². The Hall–Kier alpha value is -0.560. The highest BCUT2D eigenvalue weighted by atomic mass is 35.5. The van der Waals surface area contributed by atoms with Gasteiger partial charge in [-0.3, -0.25) is 14.5 Å². The molecule has 0 spiro atoms. The van der Waals surface area contributed by atoms with E-state index in [9.17, 15) is 9.59 Å². The monoisotopic (exact) mass is 340 g/mol. The fourth-order valence-corrected chi connectivity index (χ4v) is 2.34. The third-order valence-corrected chi connectivity index (χ3v) is 3.85. The van der Waals surface area contributed by atoms with Gasteiger partial charge in [0, 0.05) is 32.2 Å². The summed E-state index contributed by atoms with van der Waals surface area (Å²) in [5, 5.41) is 5.91. The van der Waals surface area contributed by atoms with E-state index in [2.05, 4.69) is 15.5 Å². The van der Waals surface area contributed by atoms with Gasteiger partial charge in [0.25, 0.3) is 0 Å². The molecule has 1 atom stereocenters. The molecule has 0 aromatic carbocycles. The van der Waals surface area contributed by atoms with Crippen LogP contribution in [0.2, 0.25) is 0 Å². The number of carbonyl (C=O) groups excluding carboxylic acids is 2. The second-order valence-corrected chi connectivity index (χ2v) is 5.41. The lowest BCUT2D eigenvalue weighted by Crippen LogP contribution is -2.56. The quantitative estimate of drug-likeness (QED) is 0.731. The summed E-state index contributed by atoms with van der Waals surface area (Å²) < 4.78 is 0. The Morgan fingerprint density at radius 1 is 1.14 bits per heavy atom. The van der Waals surface area contributed by atoms with Crippen molar-refractivity contribution in [2.24, 2.45) is 0 Å². The van der Waals surface area contributed by atoms with Crippen molar-refractivity contribution in [2.45, 2.75) is 31.8 Å². The van der Waals surface area contributed by atoms with Crippen molar-refractivity contribution in [2.75, 3.05) is 39.8 Å². The van der Waals surface area contributed by atoms with Crippen molar-refractivity contribution in [1.82, 2.24) is 20.4 Å². The number of nitrogens with one attached hydrogen (secondary N) is 2. The van der Waals surface area contributed by atoms with E-state index in [1.807, 2.05) is 11.8 Å². The van der Waals surface area contributed by atoms with Crippen LogP contribution in [0, 0.1) is 0 Å². The third kappa shape index (κ3) is 5.98. The molecule has 1 heterocycles. The summed E-state index contributed by atoms with van der Waals surface area (Å²) >= 11 is 0. The molecule has 1 saturated heterocycles. The average Bonchev–Trinajstić information content (AvgIpc) is 3.22. The zero-order chi connectivity index (χ0) is 13.8. The van der Waals surface area contributed by atoms with Crippen molar-refractivity contribution in [3.05, 3.63) is 0 Å². The minimum atomic E-state index is -0.0952. The van der Waals surface area contributed by atoms with Gasteiger partial charge in [-0.1, -0.05) is 0 Å². The van der Waals surface area contributed by atoms with Crippen LogP contribution in [0.3, 0.4) is 0 Å². The summed E-state index contributed by atoms with van der Waals surface area (Å²) in [6.07, 6.45) is 2.23. The van der Waals surface area contributed by atoms with Crippen molar-refractivity contribution in [3.8, 4) is 0 Å². The SMILES string of the molecule is CNCC(=O)N1CCN(C(C)C(=O)NC2CC2)CC1.Cl.Cl. The Bertz CT molecular complexity index is 345. The summed E-state index contributed by atoms with van der Waals surface area (Å²) in [7, 11) is 1.78. The van der Waals surface area contributed by atoms with Crippen LogP contribution in [0.5, 0.6) is 0 Å². The molecule has 2 N–H and O–H groups in total. The Kier molecular flexibility index (Phi) is 9.20. The standard InChI is InChI=1S/C13H24N4O2.2ClH/c1-10(13(19)15-11-3-4-11)16-5-7-17(8-6-16)12(18)9-14-2;;/h10-11,14H,3-9H2,1-2H3,(H,15,19);2*1H. The summed E-state index contributed by atoms with van der Waals surface area (Å²) in [6, 6.07) is 0.315. The maximum absolute atomic E-state index is 12.0. The molecule has 0 aromatic heterocycles. The lowest BCUT2D eigenvalue weighted by molar-refractivity contribution is -0.133. The van der Waals surface area contributed by atoms with E-state index in [0.717, 1.165) is 25.9 Å². The van der Waals surface area contributed by atoms with Gasteiger partial charge in [0.1, 0.15) is 0 Å². The fourth-order valence-electron chi connectivity index (χ4n) is 2.34. The number of amides is 2. The number of hydrogen-bond donors (Lipinski definition) is 2. The molecular weight excluding hydrogens is 315 g/mol. The van der Waals surface area contributed by atoms with Crippen molar-refractivity contribution >= 4 is 36.6 Å². The van der Waals surface area contributed by atoms with E-state index in [4.69, 9.17) is 0 Å². The van der Waals surface area contributed by atoms with Gasteiger partial charge in [0.2, 0.25) is 11.8 Å². The molecule has 2 fully saturated rings. The topological polar surface area (TPSA) is 64.7 Å². The minimum Gasteiger partial charge on any atom is -0.352 e. The van der Waals surface area contributed by atoms with Crippen LogP contribution >= 0.6 is 24.8 Å².